The molecule has 0 fully saturated rings. The molecule has 6 rings (SSSR count). The molecule has 266 valence electrons. The molecule has 52 heavy (non-hydrogen) atoms. The van der Waals surface area contributed by atoms with E-state index < -0.39 is 0 Å². The molecule has 0 saturated carbocycles. The number of aromatic nitrogens is 3. The van der Waals surface area contributed by atoms with Crippen LogP contribution in [0.25, 0.3) is 56.4 Å². The van der Waals surface area contributed by atoms with Crippen molar-refractivity contribution in [1.82, 2.24) is 15.0 Å². The van der Waals surface area contributed by atoms with Gasteiger partial charge in [0.15, 0.2) is 17.5 Å². The molecule has 0 saturated heterocycles. The van der Waals surface area contributed by atoms with Crippen LogP contribution in [0.15, 0.2) is 127 Å². The molecule has 1 heterocycles. The predicted molar refractivity (Wildman–Crippen MR) is 218 cm³/mol. The average Bonchev–Trinajstić information content (AvgIpc) is 3.20. The van der Waals surface area contributed by atoms with Crippen LogP contribution in [-0.2, 0) is 6.42 Å². The molecule has 6 aromatic rings. The highest BCUT2D eigenvalue weighted by atomic mass is 16.3. The van der Waals surface area contributed by atoms with Crippen LogP contribution >= 0.6 is 0 Å². The van der Waals surface area contributed by atoms with Crippen LogP contribution in [0.4, 0.5) is 0 Å². The summed E-state index contributed by atoms with van der Waals surface area (Å²) in [4.78, 5) is 14.8. The highest BCUT2D eigenvalue weighted by Crippen LogP contribution is 2.32. The summed E-state index contributed by atoms with van der Waals surface area (Å²) in [6.07, 6.45) is 18.4. The number of aromatic hydroxyl groups is 1. The number of aryl methyl sites for hydroxylation is 1. The molecule has 0 spiro atoms. The summed E-state index contributed by atoms with van der Waals surface area (Å²) in [5.41, 5.74) is 8.13. The summed E-state index contributed by atoms with van der Waals surface area (Å²) in [5.74, 6) is 1.81. The Morgan fingerprint density at radius 3 is 1.21 bits per heavy atom. The first-order valence-corrected chi connectivity index (χ1v) is 19.6. The van der Waals surface area contributed by atoms with E-state index in [-0.39, 0.29) is 5.75 Å². The lowest BCUT2D eigenvalue weighted by molar-refractivity contribution is 0.475. The van der Waals surface area contributed by atoms with Crippen LogP contribution in [0, 0.1) is 0 Å². The Kier molecular flexibility index (Phi) is 13.8. The standard InChI is InChI=1S/C48H53N3O/c1-2-3-4-5-6-7-8-9-10-11-12-13-16-21-37-26-35-44(45(52)36-37)48-50-46(42-31-27-40(28-32-42)38-22-17-14-18-23-38)49-47(51-48)43-33-29-41(30-34-43)39-24-19-15-20-25-39/h14-15,17-20,22-36,52H,2-13,16,21H2,1H3. The van der Waals surface area contributed by atoms with E-state index in [2.05, 4.69) is 85.8 Å². The van der Waals surface area contributed by atoms with E-state index >= 15 is 0 Å². The maximum Gasteiger partial charge on any atom is 0.167 e. The third-order valence-electron chi connectivity index (χ3n) is 10.0. The monoisotopic (exact) mass is 687 g/mol. The van der Waals surface area contributed by atoms with Crippen molar-refractivity contribution in [1.29, 1.82) is 0 Å². The van der Waals surface area contributed by atoms with E-state index in [1.165, 1.54) is 77.0 Å². The van der Waals surface area contributed by atoms with Gasteiger partial charge in [0.1, 0.15) is 5.75 Å². The lowest BCUT2D eigenvalue weighted by Crippen LogP contribution is -2.00. The molecular formula is C48H53N3O. The topological polar surface area (TPSA) is 58.9 Å². The van der Waals surface area contributed by atoms with Gasteiger partial charge in [0.05, 0.1) is 5.56 Å². The van der Waals surface area contributed by atoms with E-state index in [1.54, 1.807) is 0 Å². The Bertz CT molecular complexity index is 1840. The Labute approximate surface area is 311 Å². The predicted octanol–water partition coefficient (Wildman–Crippen LogP) is 13.5. The fourth-order valence-electron chi connectivity index (χ4n) is 6.91. The minimum absolute atomic E-state index is 0.203. The summed E-state index contributed by atoms with van der Waals surface area (Å²) in [7, 11) is 0. The number of benzene rings is 5. The van der Waals surface area contributed by atoms with E-state index in [0.29, 0.717) is 23.0 Å². The van der Waals surface area contributed by atoms with Gasteiger partial charge < -0.3 is 5.11 Å². The van der Waals surface area contributed by atoms with E-state index in [1.807, 2.05) is 48.5 Å². The number of hydrogen-bond donors (Lipinski definition) is 1. The Morgan fingerprint density at radius 2 is 0.769 bits per heavy atom. The van der Waals surface area contributed by atoms with Gasteiger partial charge in [0, 0.05) is 11.1 Å². The zero-order chi connectivity index (χ0) is 35.8. The van der Waals surface area contributed by atoms with Gasteiger partial charge in [-0.2, -0.15) is 0 Å². The van der Waals surface area contributed by atoms with Gasteiger partial charge in [0.2, 0.25) is 0 Å². The number of unbranched alkanes of at least 4 members (excludes halogenated alkanes) is 12. The van der Waals surface area contributed by atoms with Crippen LogP contribution < -0.4 is 0 Å². The number of phenols is 1. The summed E-state index contributed by atoms with van der Waals surface area (Å²) >= 11 is 0. The molecule has 0 amide bonds. The maximum absolute atomic E-state index is 11.3. The second-order valence-electron chi connectivity index (χ2n) is 14.0. The molecule has 5 aromatic carbocycles. The van der Waals surface area contributed by atoms with E-state index in [4.69, 9.17) is 15.0 Å². The number of phenolic OH excluding ortho intramolecular Hbond substituents is 1. The van der Waals surface area contributed by atoms with Crippen molar-refractivity contribution in [2.45, 2.75) is 96.8 Å². The minimum atomic E-state index is 0.203. The lowest BCUT2D eigenvalue weighted by atomic mass is 10.0. The quantitative estimate of drug-likeness (QED) is 0.0861. The normalized spacial score (nSPS) is 11.2. The van der Waals surface area contributed by atoms with E-state index in [9.17, 15) is 5.11 Å². The number of rotatable bonds is 19. The average molecular weight is 688 g/mol. The molecule has 0 aliphatic heterocycles. The van der Waals surface area contributed by atoms with Crippen molar-refractivity contribution in [2.75, 3.05) is 0 Å². The number of hydrogen-bond acceptors (Lipinski definition) is 4. The summed E-state index contributed by atoms with van der Waals surface area (Å²) in [5, 5.41) is 11.3. The first-order chi connectivity index (χ1) is 25.7. The van der Waals surface area contributed by atoms with Gasteiger partial charge in [-0.25, -0.2) is 15.0 Å². The molecule has 0 radical (unpaired) electrons. The third kappa shape index (κ3) is 10.5. The van der Waals surface area contributed by atoms with Gasteiger partial charge in [-0.05, 0) is 52.8 Å². The maximum atomic E-state index is 11.3. The van der Waals surface area contributed by atoms with Crippen molar-refractivity contribution in [2.24, 2.45) is 0 Å². The minimum Gasteiger partial charge on any atom is -0.507 e. The van der Waals surface area contributed by atoms with Crippen molar-refractivity contribution < 1.29 is 5.11 Å². The van der Waals surface area contributed by atoms with E-state index in [0.717, 1.165) is 51.8 Å². The first kappa shape index (κ1) is 36.7. The van der Waals surface area contributed by atoms with Crippen LogP contribution in [0.5, 0.6) is 5.75 Å². The molecule has 4 nitrogen and oxygen atoms in total. The molecule has 0 aliphatic rings. The third-order valence-corrected chi connectivity index (χ3v) is 10.0. The summed E-state index contributed by atoms with van der Waals surface area (Å²) < 4.78 is 0. The van der Waals surface area contributed by atoms with Gasteiger partial charge in [-0.3, -0.25) is 0 Å². The smallest absolute Gasteiger partial charge is 0.167 e. The van der Waals surface area contributed by atoms with Gasteiger partial charge in [0.25, 0.3) is 0 Å². The van der Waals surface area contributed by atoms with Crippen LogP contribution in [0.1, 0.15) is 96.0 Å². The Morgan fingerprint density at radius 1 is 0.385 bits per heavy atom. The van der Waals surface area contributed by atoms with Crippen LogP contribution in [0.2, 0.25) is 0 Å². The first-order valence-electron chi connectivity index (χ1n) is 19.6. The molecule has 0 bridgehead atoms. The second kappa shape index (κ2) is 19.5. The van der Waals surface area contributed by atoms with Crippen molar-refractivity contribution in [3.63, 3.8) is 0 Å². The van der Waals surface area contributed by atoms with Gasteiger partial charge in [-0.1, -0.05) is 199 Å². The molecule has 0 aliphatic carbocycles. The summed E-state index contributed by atoms with van der Waals surface area (Å²) in [6.45, 7) is 2.28. The largest absolute Gasteiger partial charge is 0.507 e. The van der Waals surface area contributed by atoms with Gasteiger partial charge in [-0.15, -0.1) is 0 Å². The molecule has 4 heteroatoms. The molecule has 0 atom stereocenters. The highest BCUT2D eigenvalue weighted by Gasteiger charge is 2.16. The molecule has 1 N–H and O–H groups in total. The lowest BCUT2D eigenvalue weighted by Gasteiger charge is -2.11. The van der Waals surface area contributed by atoms with Crippen molar-refractivity contribution in [3.8, 4) is 62.2 Å². The molecule has 0 unspecified atom stereocenters. The van der Waals surface area contributed by atoms with Crippen LogP contribution in [-0.4, -0.2) is 20.1 Å². The second-order valence-corrected chi connectivity index (χ2v) is 14.0. The fraction of sp³-hybridized carbons (Fsp3) is 0.312. The van der Waals surface area contributed by atoms with Crippen molar-refractivity contribution >= 4 is 0 Å². The summed E-state index contributed by atoms with van der Waals surface area (Å²) in [6, 6.07) is 43.3. The molecule has 1 aromatic heterocycles. The highest BCUT2D eigenvalue weighted by molar-refractivity contribution is 5.73. The fourth-order valence-corrected chi connectivity index (χ4v) is 6.91. The Balaban J connectivity index is 1.13. The zero-order valence-corrected chi connectivity index (χ0v) is 30.8. The Hall–Kier alpha value is -5.09. The SMILES string of the molecule is CCCCCCCCCCCCCCCc1ccc(-c2nc(-c3ccc(-c4ccccc4)cc3)nc(-c3ccc(-c4ccccc4)cc3)n2)c(O)c1. The van der Waals surface area contributed by atoms with Crippen molar-refractivity contribution in [3.05, 3.63) is 133 Å². The van der Waals surface area contributed by atoms with Crippen LogP contribution in [0.3, 0.4) is 0 Å². The zero-order valence-electron chi connectivity index (χ0n) is 30.8. The number of nitrogens with zero attached hydrogens (tertiary/aromatic N) is 3. The molecular weight excluding hydrogens is 635 g/mol. The van der Waals surface area contributed by atoms with Gasteiger partial charge >= 0.3 is 0 Å².